The molecule has 0 radical (unpaired) electrons. The van der Waals surface area contributed by atoms with E-state index in [1.807, 2.05) is 0 Å². The Morgan fingerprint density at radius 1 is 1.38 bits per heavy atom. The third-order valence-electron chi connectivity index (χ3n) is 5.07. The Labute approximate surface area is 175 Å². The van der Waals surface area contributed by atoms with Crippen molar-refractivity contribution in [2.45, 2.75) is 30.6 Å². The molecule has 1 unspecified atom stereocenters. The largest absolute Gasteiger partial charge is 1.00 e. The molecule has 3 atom stereocenters. The first-order valence-electron chi connectivity index (χ1n) is 7.81. The number of tetrazole rings is 1. The minimum atomic E-state index is -1.36. The van der Waals surface area contributed by atoms with Gasteiger partial charge in [-0.1, -0.05) is 11.8 Å². The second kappa shape index (κ2) is 6.95. The molecular weight excluding hydrogens is 371 g/mol. The van der Waals surface area contributed by atoms with Gasteiger partial charge in [-0.3, -0.25) is 9.59 Å². The first-order chi connectivity index (χ1) is 11.9. The van der Waals surface area contributed by atoms with Crippen molar-refractivity contribution in [3.05, 3.63) is 11.3 Å². The Kier molecular flexibility index (Phi) is 5.17. The summed E-state index contributed by atoms with van der Waals surface area (Å²) in [4.78, 5) is 38.8. The van der Waals surface area contributed by atoms with E-state index < -0.39 is 12.0 Å². The number of β-lactam (4-membered cyclic amide) rings is 1. The number of carboxylic acid groups (broad SMARTS) is 1. The molecular formula is C14H15N6NaO4S. The van der Waals surface area contributed by atoms with Gasteiger partial charge in [0.2, 0.25) is 11.1 Å². The van der Waals surface area contributed by atoms with Crippen LogP contribution in [0.1, 0.15) is 13.3 Å². The third kappa shape index (κ3) is 2.68. The van der Waals surface area contributed by atoms with Crippen molar-refractivity contribution in [2.24, 2.45) is 13.0 Å². The fraction of sp³-hybridized carbons (Fsp3) is 0.571. The minimum Gasteiger partial charge on any atom is -0.543 e. The van der Waals surface area contributed by atoms with Crippen LogP contribution in [0.3, 0.4) is 0 Å². The molecule has 3 aliphatic heterocycles. The predicted molar refractivity (Wildman–Crippen MR) is 81.5 cm³/mol. The molecule has 2 fully saturated rings. The van der Waals surface area contributed by atoms with Crippen molar-refractivity contribution >= 4 is 29.5 Å². The number of amides is 2. The van der Waals surface area contributed by atoms with Gasteiger partial charge in [-0.05, 0) is 22.4 Å². The zero-order chi connectivity index (χ0) is 17.9. The van der Waals surface area contributed by atoms with Gasteiger partial charge in [-0.15, -0.1) is 5.10 Å². The van der Waals surface area contributed by atoms with E-state index >= 15 is 0 Å². The standard InChI is InChI=1S/C14H16N6O4S.Na/c1-6(21)19-4-3-7-8(5-25-14-15-16-17-18(14)2)10(13(23)24)20-9(7)11(19)12(20)22;/h7,9,11H,3-5H2,1-2H3,(H,23,24);/q;+1/p-1/t7?,9-,11+;/m1./s1. The van der Waals surface area contributed by atoms with E-state index in [2.05, 4.69) is 15.5 Å². The van der Waals surface area contributed by atoms with Gasteiger partial charge in [0.1, 0.15) is 6.04 Å². The van der Waals surface area contributed by atoms with Crippen LogP contribution < -0.4 is 34.7 Å². The Morgan fingerprint density at radius 3 is 2.69 bits per heavy atom. The number of rotatable bonds is 4. The number of nitrogens with zero attached hydrogens (tertiary/aromatic N) is 6. The number of likely N-dealkylation sites (tertiary alicyclic amines) is 1. The maximum atomic E-state index is 12.5. The number of carbonyl (C=O) groups excluding carboxylic acids is 3. The van der Waals surface area contributed by atoms with E-state index in [-0.39, 0.29) is 59.0 Å². The van der Waals surface area contributed by atoms with Crippen molar-refractivity contribution in [1.29, 1.82) is 0 Å². The number of aromatic nitrogens is 4. The van der Waals surface area contributed by atoms with Gasteiger partial charge >= 0.3 is 29.6 Å². The van der Waals surface area contributed by atoms with E-state index in [0.717, 1.165) is 0 Å². The summed E-state index contributed by atoms with van der Waals surface area (Å²) in [6, 6.07) is -0.865. The summed E-state index contributed by atoms with van der Waals surface area (Å²) in [5.74, 6) is -1.60. The quantitative estimate of drug-likeness (QED) is 0.286. The molecule has 0 spiro atoms. The van der Waals surface area contributed by atoms with E-state index in [4.69, 9.17) is 0 Å². The van der Waals surface area contributed by atoms with Crippen LogP contribution in [0.15, 0.2) is 16.4 Å². The average molecular weight is 386 g/mol. The second-order valence-corrected chi connectivity index (χ2v) is 7.23. The number of hydrogen-bond donors (Lipinski definition) is 0. The minimum absolute atomic E-state index is 0. The predicted octanol–water partition coefficient (Wildman–Crippen LogP) is -5.23. The Morgan fingerprint density at radius 2 is 2.12 bits per heavy atom. The van der Waals surface area contributed by atoms with Gasteiger partial charge in [-0.25, -0.2) is 4.68 Å². The molecule has 2 amide bonds. The number of thioether (sulfide) groups is 1. The van der Waals surface area contributed by atoms with Crippen LogP contribution in [-0.4, -0.2) is 72.2 Å². The smallest absolute Gasteiger partial charge is 0.543 e. The van der Waals surface area contributed by atoms with E-state index in [0.29, 0.717) is 29.4 Å². The SMILES string of the molecule is CC(=O)N1CCC2C(CSc3nnnn3C)=C(C(=O)[O-])N3C(=O)[C@@H]1[C@@H]23.[Na+]. The maximum Gasteiger partial charge on any atom is 1.00 e. The summed E-state index contributed by atoms with van der Waals surface area (Å²) in [5.41, 5.74) is 0.612. The second-order valence-electron chi connectivity index (χ2n) is 6.29. The zero-order valence-corrected chi connectivity index (χ0v) is 17.4. The Bertz CT molecular complexity index is 826. The third-order valence-corrected chi connectivity index (χ3v) is 6.13. The van der Waals surface area contributed by atoms with Crippen LogP contribution in [0.4, 0.5) is 0 Å². The first-order valence-corrected chi connectivity index (χ1v) is 8.80. The molecule has 10 nitrogen and oxygen atoms in total. The molecule has 0 aliphatic carbocycles. The summed E-state index contributed by atoms with van der Waals surface area (Å²) in [5, 5.41) is 23.4. The van der Waals surface area contributed by atoms with E-state index in [1.54, 1.807) is 7.05 Å². The number of aliphatic carboxylic acids is 1. The average Bonchev–Trinajstić information content (AvgIpc) is 3.11. The Balaban J connectivity index is 0.00000196. The van der Waals surface area contributed by atoms with Gasteiger partial charge in [0.25, 0.3) is 5.91 Å². The van der Waals surface area contributed by atoms with E-state index in [9.17, 15) is 19.5 Å². The van der Waals surface area contributed by atoms with Crippen LogP contribution in [0.25, 0.3) is 0 Å². The van der Waals surface area contributed by atoms with E-state index in [1.165, 1.54) is 33.2 Å². The van der Waals surface area contributed by atoms with Crippen LogP contribution in [-0.2, 0) is 21.4 Å². The van der Waals surface area contributed by atoms with Crippen LogP contribution >= 0.6 is 11.8 Å². The Hall–Kier alpha value is -1.43. The van der Waals surface area contributed by atoms with Crippen LogP contribution in [0, 0.1) is 5.92 Å². The normalized spacial score (nSPS) is 26.4. The molecule has 3 aliphatic rings. The number of hydrogen-bond acceptors (Lipinski definition) is 8. The van der Waals surface area contributed by atoms with Crippen LogP contribution in [0.2, 0.25) is 0 Å². The number of piperidine rings is 1. The summed E-state index contributed by atoms with van der Waals surface area (Å²) < 4.78 is 1.50. The van der Waals surface area contributed by atoms with Gasteiger partial charge in [0.05, 0.1) is 17.7 Å². The molecule has 12 heteroatoms. The molecule has 0 bridgehead atoms. The first kappa shape index (κ1) is 19.3. The summed E-state index contributed by atoms with van der Waals surface area (Å²) in [7, 11) is 1.70. The van der Waals surface area contributed by atoms with Crippen molar-refractivity contribution in [3.63, 3.8) is 0 Å². The monoisotopic (exact) mass is 386 g/mol. The molecule has 26 heavy (non-hydrogen) atoms. The molecule has 132 valence electrons. The van der Waals surface area contributed by atoms with Crippen molar-refractivity contribution in [3.8, 4) is 0 Å². The topological polar surface area (TPSA) is 124 Å². The number of carboxylic acids is 1. The molecule has 0 N–H and O–H groups in total. The van der Waals surface area contributed by atoms with Gasteiger partial charge in [0, 0.05) is 32.2 Å². The summed E-state index contributed by atoms with van der Waals surface area (Å²) in [6.07, 6.45) is 0.619. The molecule has 2 saturated heterocycles. The maximum absolute atomic E-state index is 12.5. The summed E-state index contributed by atoms with van der Waals surface area (Å²) >= 11 is 1.32. The molecule has 1 aromatic heterocycles. The fourth-order valence-corrected chi connectivity index (χ4v) is 4.97. The van der Waals surface area contributed by atoms with Gasteiger partial charge in [0.15, 0.2) is 0 Å². The number of aryl methyl sites for hydroxylation is 1. The van der Waals surface area contributed by atoms with Gasteiger partial charge in [-0.2, -0.15) is 0 Å². The molecule has 0 saturated carbocycles. The van der Waals surface area contributed by atoms with Gasteiger partial charge < -0.3 is 19.7 Å². The number of carbonyl (C=O) groups is 3. The van der Waals surface area contributed by atoms with Crippen molar-refractivity contribution in [2.75, 3.05) is 12.3 Å². The zero-order valence-electron chi connectivity index (χ0n) is 14.6. The summed E-state index contributed by atoms with van der Waals surface area (Å²) in [6.45, 7) is 1.87. The fourth-order valence-electron chi connectivity index (χ4n) is 4.01. The van der Waals surface area contributed by atoms with Crippen molar-refractivity contribution in [1.82, 2.24) is 30.0 Å². The molecule has 4 rings (SSSR count). The molecule has 0 aromatic carbocycles. The van der Waals surface area contributed by atoms with Crippen molar-refractivity contribution < 1.29 is 49.0 Å². The molecule has 1 aromatic rings. The van der Waals surface area contributed by atoms with Crippen LogP contribution in [0.5, 0.6) is 0 Å². The molecule has 4 heterocycles.